The second kappa shape index (κ2) is 11.9. The van der Waals surface area contributed by atoms with Gasteiger partial charge in [0.1, 0.15) is 0 Å². The fourth-order valence-corrected chi connectivity index (χ4v) is 9.91. The third-order valence-electron chi connectivity index (χ3n) is 11.9. The molecule has 1 aliphatic rings. The normalized spacial score (nSPS) is 14.9. The number of para-hydroxylation sites is 1. The Balaban J connectivity index is 1.20. The zero-order valence-electron chi connectivity index (χ0n) is 30.7. The second-order valence-electron chi connectivity index (χ2n) is 16.1. The highest BCUT2D eigenvalue weighted by Gasteiger charge is 2.37. The van der Waals surface area contributed by atoms with Crippen LogP contribution >= 0.6 is 11.3 Å². The van der Waals surface area contributed by atoms with Crippen molar-refractivity contribution in [3.05, 3.63) is 169 Å². The van der Waals surface area contributed by atoms with Crippen LogP contribution in [0.25, 0.3) is 58.8 Å². The standard InChI is InChI=1S/C50H42N2S/c1-49(2)28-29-50(3,4)44-31-37(23-26-43(44)49)52-45-16-10-8-14-39(45)40-25-22-38(32-46(40)52)51(35-20-18-34(19-21-35)33-12-6-5-7-13-33)36-24-27-48-42(30-36)41-15-9-11-17-47(41)53-48/h5-27,30-32H,28-29H2,1-4H3. The van der Waals surface area contributed by atoms with Gasteiger partial charge in [-0.05, 0) is 113 Å². The van der Waals surface area contributed by atoms with Gasteiger partial charge in [-0.2, -0.15) is 0 Å². The highest BCUT2D eigenvalue weighted by molar-refractivity contribution is 7.25. The lowest BCUT2D eigenvalue weighted by Gasteiger charge is -2.42. The summed E-state index contributed by atoms with van der Waals surface area (Å²) < 4.78 is 5.13. The van der Waals surface area contributed by atoms with Gasteiger partial charge >= 0.3 is 0 Å². The SMILES string of the molecule is CC1(C)CCC(C)(C)c2cc(-n3c4ccccc4c4ccc(N(c5ccc(-c6ccccc6)cc5)c5ccc6sc7ccccc7c6c5)cc43)ccc21. The number of anilines is 3. The Morgan fingerprint density at radius 2 is 1.06 bits per heavy atom. The van der Waals surface area contributed by atoms with E-state index in [0.717, 1.165) is 17.1 Å². The molecule has 1 aliphatic carbocycles. The van der Waals surface area contributed by atoms with E-state index < -0.39 is 0 Å². The Morgan fingerprint density at radius 1 is 0.453 bits per heavy atom. The molecule has 10 rings (SSSR count). The van der Waals surface area contributed by atoms with E-state index >= 15 is 0 Å². The van der Waals surface area contributed by atoms with Gasteiger partial charge in [-0.1, -0.05) is 119 Å². The van der Waals surface area contributed by atoms with Gasteiger partial charge in [0.2, 0.25) is 0 Å². The molecule has 0 aliphatic heterocycles. The molecule has 0 N–H and O–H groups in total. The number of rotatable bonds is 5. The van der Waals surface area contributed by atoms with Gasteiger partial charge in [0.25, 0.3) is 0 Å². The van der Waals surface area contributed by atoms with E-state index in [1.165, 1.54) is 82.8 Å². The summed E-state index contributed by atoms with van der Waals surface area (Å²) in [7, 11) is 0. The van der Waals surface area contributed by atoms with Gasteiger partial charge in [-0.15, -0.1) is 11.3 Å². The third-order valence-corrected chi connectivity index (χ3v) is 13.0. The highest BCUT2D eigenvalue weighted by Crippen LogP contribution is 2.48. The largest absolute Gasteiger partial charge is 0.310 e. The minimum Gasteiger partial charge on any atom is -0.310 e. The Kier molecular flexibility index (Phi) is 7.22. The molecule has 0 saturated heterocycles. The molecule has 258 valence electrons. The van der Waals surface area contributed by atoms with Crippen molar-refractivity contribution in [2.45, 2.75) is 51.4 Å². The first-order valence-corrected chi connectivity index (χ1v) is 19.6. The maximum absolute atomic E-state index is 2.50. The molecule has 0 spiro atoms. The molecule has 7 aromatic carbocycles. The smallest absolute Gasteiger partial charge is 0.0561 e. The molecule has 0 unspecified atom stereocenters. The maximum Gasteiger partial charge on any atom is 0.0561 e. The molecule has 0 amide bonds. The van der Waals surface area contributed by atoms with E-state index in [9.17, 15) is 0 Å². The van der Waals surface area contributed by atoms with E-state index in [0.29, 0.717) is 0 Å². The summed E-state index contributed by atoms with van der Waals surface area (Å²) in [6.07, 6.45) is 2.40. The fraction of sp³-hybridized carbons (Fsp3) is 0.160. The van der Waals surface area contributed by atoms with Gasteiger partial charge < -0.3 is 9.47 Å². The topological polar surface area (TPSA) is 8.17 Å². The molecular formula is C50H42N2S. The third kappa shape index (κ3) is 5.21. The van der Waals surface area contributed by atoms with Crippen molar-refractivity contribution in [1.82, 2.24) is 4.57 Å². The Bertz CT molecular complexity index is 2830. The molecule has 0 fully saturated rings. The predicted octanol–water partition coefficient (Wildman–Crippen LogP) is 14.6. The number of nitrogens with zero attached hydrogens (tertiary/aromatic N) is 2. The molecule has 3 heteroatoms. The predicted molar refractivity (Wildman–Crippen MR) is 229 cm³/mol. The van der Waals surface area contributed by atoms with E-state index in [1.54, 1.807) is 0 Å². The van der Waals surface area contributed by atoms with Crippen LogP contribution in [0.2, 0.25) is 0 Å². The molecule has 0 bridgehead atoms. The molecule has 2 nitrogen and oxygen atoms in total. The summed E-state index contributed by atoms with van der Waals surface area (Å²) >= 11 is 1.86. The number of hydrogen-bond acceptors (Lipinski definition) is 2. The molecule has 0 atom stereocenters. The number of thiophene rings is 1. The van der Waals surface area contributed by atoms with Crippen LogP contribution in [0.5, 0.6) is 0 Å². The molecule has 0 saturated carbocycles. The zero-order chi connectivity index (χ0) is 35.9. The van der Waals surface area contributed by atoms with E-state index in [1.807, 2.05) is 11.3 Å². The fourth-order valence-electron chi connectivity index (χ4n) is 8.83. The molecule has 2 heterocycles. The van der Waals surface area contributed by atoms with Crippen LogP contribution < -0.4 is 4.90 Å². The van der Waals surface area contributed by atoms with Crippen molar-refractivity contribution in [3.63, 3.8) is 0 Å². The summed E-state index contributed by atoms with van der Waals surface area (Å²) in [5.41, 5.74) is 12.8. The van der Waals surface area contributed by atoms with E-state index in [2.05, 4.69) is 195 Å². The van der Waals surface area contributed by atoms with Crippen LogP contribution in [-0.2, 0) is 10.8 Å². The summed E-state index contributed by atoms with van der Waals surface area (Å²) in [6, 6.07) is 58.6. The summed E-state index contributed by atoms with van der Waals surface area (Å²) in [5.74, 6) is 0. The monoisotopic (exact) mass is 702 g/mol. The lowest BCUT2D eigenvalue weighted by atomic mass is 9.63. The highest BCUT2D eigenvalue weighted by atomic mass is 32.1. The second-order valence-corrected chi connectivity index (χ2v) is 17.2. The van der Waals surface area contributed by atoms with Gasteiger partial charge in [-0.3, -0.25) is 0 Å². The molecule has 0 radical (unpaired) electrons. The first-order chi connectivity index (χ1) is 25.7. The van der Waals surface area contributed by atoms with Gasteiger partial charge in [0.15, 0.2) is 0 Å². The van der Waals surface area contributed by atoms with Gasteiger partial charge in [0.05, 0.1) is 11.0 Å². The van der Waals surface area contributed by atoms with Crippen molar-refractivity contribution >= 4 is 70.4 Å². The van der Waals surface area contributed by atoms with Crippen molar-refractivity contribution in [1.29, 1.82) is 0 Å². The number of hydrogen-bond donors (Lipinski definition) is 0. The van der Waals surface area contributed by atoms with Crippen LogP contribution in [0.4, 0.5) is 17.1 Å². The minimum absolute atomic E-state index is 0.123. The van der Waals surface area contributed by atoms with E-state index in [-0.39, 0.29) is 10.8 Å². The van der Waals surface area contributed by atoms with Crippen LogP contribution in [0.15, 0.2) is 158 Å². The summed E-state index contributed by atoms with van der Waals surface area (Å²) in [4.78, 5) is 2.43. The molecular weight excluding hydrogens is 661 g/mol. The van der Waals surface area contributed by atoms with Gasteiger partial charge in [0, 0.05) is 53.7 Å². The maximum atomic E-state index is 2.50. The average molecular weight is 703 g/mol. The van der Waals surface area contributed by atoms with Crippen molar-refractivity contribution < 1.29 is 0 Å². The Labute approximate surface area is 315 Å². The van der Waals surface area contributed by atoms with Crippen molar-refractivity contribution in [2.24, 2.45) is 0 Å². The molecule has 53 heavy (non-hydrogen) atoms. The van der Waals surface area contributed by atoms with Gasteiger partial charge in [-0.25, -0.2) is 0 Å². The van der Waals surface area contributed by atoms with Crippen LogP contribution in [-0.4, -0.2) is 4.57 Å². The summed E-state index contributed by atoms with van der Waals surface area (Å²) in [6.45, 7) is 9.65. The molecule has 9 aromatic rings. The minimum atomic E-state index is 0.123. The first-order valence-electron chi connectivity index (χ1n) is 18.8. The first kappa shape index (κ1) is 32.0. The lowest BCUT2D eigenvalue weighted by Crippen LogP contribution is -2.33. The number of benzene rings is 7. The van der Waals surface area contributed by atoms with Crippen LogP contribution in [0.1, 0.15) is 51.7 Å². The lowest BCUT2D eigenvalue weighted by molar-refractivity contribution is 0.332. The van der Waals surface area contributed by atoms with Crippen LogP contribution in [0.3, 0.4) is 0 Å². The van der Waals surface area contributed by atoms with Crippen LogP contribution in [0, 0.1) is 0 Å². The number of aromatic nitrogens is 1. The molecule has 2 aromatic heterocycles. The summed E-state index contributed by atoms with van der Waals surface area (Å²) in [5, 5.41) is 5.14. The number of fused-ring (bicyclic) bond motifs is 7. The average Bonchev–Trinajstić information content (AvgIpc) is 3.72. The zero-order valence-corrected chi connectivity index (χ0v) is 31.5. The Hall–Kier alpha value is -5.64. The van der Waals surface area contributed by atoms with Crippen molar-refractivity contribution in [3.8, 4) is 16.8 Å². The Morgan fingerprint density at radius 3 is 1.87 bits per heavy atom. The van der Waals surface area contributed by atoms with Crippen molar-refractivity contribution in [2.75, 3.05) is 4.90 Å². The van der Waals surface area contributed by atoms with E-state index in [4.69, 9.17) is 0 Å². The quantitative estimate of drug-likeness (QED) is 0.173.